The maximum Gasteiger partial charge on any atom is 0.0795 e. The topological polar surface area (TPSA) is 28.2 Å². The minimum atomic E-state index is 0.653. The van der Waals surface area contributed by atoms with Crippen molar-refractivity contribution in [3.8, 4) is 0 Å². The summed E-state index contributed by atoms with van der Waals surface area (Å²) in [5.41, 5.74) is 3.13. The Hall–Kier alpha value is -0.450. The largest absolute Gasteiger partial charge is 0.314 e. The van der Waals surface area contributed by atoms with E-state index in [2.05, 4.69) is 34.4 Å². The quantitative estimate of drug-likeness (QED) is 0.846. The molecule has 15 heavy (non-hydrogen) atoms. The predicted octanol–water partition coefficient (Wildman–Crippen LogP) is 1.57. The Bertz CT molecular complexity index is 284. The van der Waals surface area contributed by atoms with Gasteiger partial charge in [0, 0.05) is 37.6 Å². The second-order valence-corrected chi connectivity index (χ2v) is 5.18. The smallest absolute Gasteiger partial charge is 0.0795 e. The van der Waals surface area contributed by atoms with E-state index < -0.39 is 0 Å². The molecule has 1 aliphatic rings. The van der Waals surface area contributed by atoms with Crippen molar-refractivity contribution in [2.45, 2.75) is 26.4 Å². The summed E-state index contributed by atoms with van der Waals surface area (Å²) < 4.78 is 0. The van der Waals surface area contributed by atoms with Crippen molar-refractivity contribution >= 4 is 11.3 Å². The van der Waals surface area contributed by atoms with Gasteiger partial charge in [-0.3, -0.25) is 4.90 Å². The van der Waals surface area contributed by atoms with Gasteiger partial charge in [0.25, 0.3) is 0 Å². The zero-order valence-corrected chi connectivity index (χ0v) is 10.3. The van der Waals surface area contributed by atoms with Crippen LogP contribution in [-0.2, 0) is 6.54 Å². The number of nitrogens with one attached hydrogen (secondary N) is 1. The Morgan fingerprint density at radius 3 is 3.20 bits per heavy atom. The van der Waals surface area contributed by atoms with Gasteiger partial charge in [-0.25, -0.2) is 4.98 Å². The van der Waals surface area contributed by atoms with Crippen molar-refractivity contribution in [1.29, 1.82) is 0 Å². The monoisotopic (exact) mass is 225 g/mol. The van der Waals surface area contributed by atoms with Crippen molar-refractivity contribution in [2.24, 2.45) is 5.92 Å². The summed E-state index contributed by atoms with van der Waals surface area (Å²) in [5, 5.41) is 5.62. The number of hydrogen-bond donors (Lipinski definition) is 1. The van der Waals surface area contributed by atoms with Crippen molar-refractivity contribution in [3.05, 3.63) is 16.6 Å². The molecule has 0 spiro atoms. The minimum Gasteiger partial charge on any atom is -0.314 e. The van der Waals surface area contributed by atoms with Gasteiger partial charge >= 0.3 is 0 Å². The van der Waals surface area contributed by atoms with E-state index in [0.717, 1.165) is 26.2 Å². The zero-order valence-electron chi connectivity index (χ0n) is 9.44. The number of piperazine rings is 1. The Balaban J connectivity index is 1.99. The summed E-state index contributed by atoms with van der Waals surface area (Å²) in [6.45, 7) is 8.96. The van der Waals surface area contributed by atoms with E-state index in [1.807, 2.05) is 5.51 Å². The second kappa shape index (κ2) is 5.05. The van der Waals surface area contributed by atoms with E-state index in [9.17, 15) is 0 Å². The maximum absolute atomic E-state index is 4.36. The fraction of sp³-hybridized carbons (Fsp3) is 0.727. The average Bonchev–Trinajstić information content (AvgIpc) is 2.71. The Morgan fingerprint density at radius 2 is 2.53 bits per heavy atom. The third kappa shape index (κ3) is 2.77. The molecule has 4 heteroatoms. The molecular formula is C11H19N3S. The van der Waals surface area contributed by atoms with Crippen LogP contribution in [0.4, 0.5) is 0 Å². The van der Waals surface area contributed by atoms with Gasteiger partial charge in [-0.15, -0.1) is 11.3 Å². The van der Waals surface area contributed by atoms with E-state index in [1.165, 1.54) is 5.69 Å². The lowest BCUT2D eigenvalue weighted by Gasteiger charge is -2.38. The van der Waals surface area contributed by atoms with E-state index in [0.29, 0.717) is 12.0 Å². The molecule has 0 aromatic carbocycles. The molecular weight excluding hydrogens is 206 g/mol. The van der Waals surface area contributed by atoms with Crippen LogP contribution < -0.4 is 5.32 Å². The van der Waals surface area contributed by atoms with Gasteiger partial charge < -0.3 is 5.32 Å². The van der Waals surface area contributed by atoms with Crippen molar-refractivity contribution < 1.29 is 0 Å². The van der Waals surface area contributed by atoms with Crippen LogP contribution in [0.2, 0.25) is 0 Å². The molecule has 0 radical (unpaired) electrons. The Morgan fingerprint density at radius 1 is 1.67 bits per heavy atom. The molecule has 0 amide bonds. The summed E-state index contributed by atoms with van der Waals surface area (Å²) >= 11 is 1.68. The number of thiazole rings is 1. The standard InChI is InChI=1S/C11H19N3S/c1-9(2)11-5-12-3-4-14(11)6-10-7-15-8-13-10/h7-9,11-12H,3-6H2,1-2H3. The summed E-state index contributed by atoms with van der Waals surface area (Å²) in [4.78, 5) is 6.91. The Labute approximate surface area is 95.5 Å². The van der Waals surface area contributed by atoms with Gasteiger partial charge in [-0.05, 0) is 5.92 Å². The first-order valence-corrected chi connectivity index (χ1v) is 6.53. The van der Waals surface area contributed by atoms with Crippen molar-refractivity contribution in [1.82, 2.24) is 15.2 Å². The van der Waals surface area contributed by atoms with Crippen LogP contribution in [-0.4, -0.2) is 35.6 Å². The lowest BCUT2D eigenvalue weighted by molar-refractivity contribution is 0.116. The first kappa shape index (κ1) is 11.0. The van der Waals surface area contributed by atoms with Gasteiger partial charge in [0.15, 0.2) is 0 Å². The number of nitrogens with zero attached hydrogens (tertiary/aromatic N) is 2. The summed E-state index contributed by atoms with van der Waals surface area (Å²) in [6.07, 6.45) is 0. The molecule has 1 fully saturated rings. The van der Waals surface area contributed by atoms with Crippen LogP contribution in [0.1, 0.15) is 19.5 Å². The molecule has 0 bridgehead atoms. The minimum absolute atomic E-state index is 0.653. The molecule has 1 atom stereocenters. The third-order valence-electron chi connectivity index (χ3n) is 3.02. The molecule has 1 unspecified atom stereocenters. The molecule has 1 saturated heterocycles. The number of aromatic nitrogens is 1. The van der Waals surface area contributed by atoms with E-state index in [1.54, 1.807) is 11.3 Å². The average molecular weight is 225 g/mol. The molecule has 1 aromatic rings. The first-order valence-electron chi connectivity index (χ1n) is 5.59. The van der Waals surface area contributed by atoms with E-state index in [-0.39, 0.29) is 0 Å². The lowest BCUT2D eigenvalue weighted by atomic mass is 10.0. The fourth-order valence-corrected chi connectivity index (χ4v) is 2.69. The second-order valence-electron chi connectivity index (χ2n) is 4.47. The summed E-state index contributed by atoms with van der Waals surface area (Å²) in [6, 6.07) is 0.653. The molecule has 1 aliphatic heterocycles. The highest BCUT2D eigenvalue weighted by molar-refractivity contribution is 7.07. The van der Waals surface area contributed by atoms with Gasteiger partial charge in [0.1, 0.15) is 0 Å². The molecule has 2 rings (SSSR count). The fourth-order valence-electron chi connectivity index (χ4n) is 2.14. The van der Waals surface area contributed by atoms with Crippen LogP contribution in [0.5, 0.6) is 0 Å². The van der Waals surface area contributed by atoms with Crippen LogP contribution in [0, 0.1) is 5.92 Å². The van der Waals surface area contributed by atoms with Crippen LogP contribution in [0.15, 0.2) is 10.9 Å². The highest BCUT2D eigenvalue weighted by Crippen LogP contribution is 2.16. The molecule has 84 valence electrons. The Kier molecular flexibility index (Phi) is 3.72. The number of hydrogen-bond acceptors (Lipinski definition) is 4. The third-order valence-corrected chi connectivity index (χ3v) is 3.65. The molecule has 3 nitrogen and oxygen atoms in total. The van der Waals surface area contributed by atoms with Crippen molar-refractivity contribution in [3.63, 3.8) is 0 Å². The van der Waals surface area contributed by atoms with Crippen LogP contribution in [0.3, 0.4) is 0 Å². The van der Waals surface area contributed by atoms with Gasteiger partial charge in [-0.2, -0.15) is 0 Å². The van der Waals surface area contributed by atoms with Crippen molar-refractivity contribution in [2.75, 3.05) is 19.6 Å². The molecule has 2 heterocycles. The van der Waals surface area contributed by atoms with E-state index in [4.69, 9.17) is 0 Å². The lowest BCUT2D eigenvalue weighted by Crippen LogP contribution is -2.53. The highest BCUT2D eigenvalue weighted by atomic mass is 32.1. The number of rotatable bonds is 3. The molecule has 1 aromatic heterocycles. The van der Waals surface area contributed by atoms with Gasteiger partial charge in [0.05, 0.1) is 11.2 Å². The van der Waals surface area contributed by atoms with Crippen LogP contribution >= 0.6 is 11.3 Å². The predicted molar refractivity (Wildman–Crippen MR) is 64.0 cm³/mol. The SMILES string of the molecule is CC(C)C1CNCCN1Cc1cscn1. The van der Waals surface area contributed by atoms with E-state index >= 15 is 0 Å². The zero-order chi connectivity index (χ0) is 10.7. The first-order chi connectivity index (χ1) is 7.27. The van der Waals surface area contributed by atoms with Crippen LogP contribution in [0.25, 0.3) is 0 Å². The molecule has 0 saturated carbocycles. The van der Waals surface area contributed by atoms with Gasteiger partial charge in [0.2, 0.25) is 0 Å². The summed E-state index contributed by atoms with van der Waals surface area (Å²) in [7, 11) is 0. The molecule has 0 aliphatic carbocycles. The normalized spacial score (nSPS) is 23.5. The van der Waals surface area contributed by atoms with Gasteiger partial charge in [-0.1, -0.05) is 13.8 Å². The highest BCUT2D eigenvalue weighted by Gasteiger charge is 2.24. The molecule has 1 N–H and O–H groups in total. The summed E-state index contributed by atoms with van der Waals surface area (Å²) in [5.74, 6) is 0.705. The maximum atomic E-state index is 4.36.